The maximum atomic E-state index is 11.6. The molecule has 0 amide bonds. The summed E-state index contributed by atoms with van der Waals surface area (Å²) >= 11 is 0. The first-order chi connectivity index (χ1) is 6.83. The normalized spacial score (nSPS) is 27.5. The number of nitrogens with one attached hydrogen (secondary N) is 1. The van der Waals surface area contributed by atoms with Crippen molar-refractivity contribution in [1.29, 1.82) is 0 Å². The third-order valence-electron chi connectivity index (χ3n) is 2.85. The molecule has 0 saturated carbocycles. The van der Waals surface area contributed by atoms with Crippen molar-refractivity contribution >= 4 is 5.97 Å². The van der Waals surface area contributed by atoms with Crippen molar-refractivity contribution in [2.24, 2.45) is 10.8 Å². The minimum absolute atomic E-state index is 0.103. The second-order valence-corrected chi connectivity index (χ2v) is 5.92. The van der Waals surface area contributed by atoms with Gasteiger partial charge in [0.1, 0.15) is 0 Å². The van der Waals surface area contributed by atoms with Crippen LogP contribution in [0.1, 0.15) is 40.5 Å². The average molecular weight is 213 g/mol. The Morgan fingerprint density at radius 3 is 2.60 bits per heavy atom. The van der Waals surface area contributed by atoms with Gasteiger partial charge >= 0.3 is 5.97 Å². The van der Waals surface area contributed by atoms with Crippen molar-refractivity contribution in [1.82, 2.24) is 5.32 Å². The van der Waals surface area contributed by atoms with Gasteiger partial charge in [-0.2, -0.15) is 0 Å². The molecular weight excluding hydrogens is 190 g/mol. The quantitative estimate of drug-likeness (QED) is 0.713. The molecule has 0 bridgehead atoms. The first-order valence-corrected chi connectivity index (χ1v) is 5.71. The van der Waals surface area contributed by atoms with Crippen LogP contribution in [-0.2, 0) is 9.53 Å². The van der Waals surface area contributed by atoms with E-state index in [0.717, 1.165) is 19.5 Å². The average Bonchev–Trinajstić information content (AvgIpc) is 2.14. The number of piperidine rings is 1. The highest BCUT2D eigenvalue weighted by atomic mass is 16.5. The summed E-state index contributed by atoms with van der Waals surface area (Å²) in [6.07, 6.45) is 2.31. The second-order valence-electron chi connectivity index (χ2n) is 5.92. The Balaban J connectivity index is 2.38. The molecule has 1 aliphatic rings. The van der Waals surface area contributed by atoms with Crippen molar-refractivity contribution in [2.45, 2.75) is 40.5 Å². The van der Waals surface area contributed by atoms with Gasteiger partial charge in [-0.15, -0.1) is 0 Å². The molecule has 1 heterocycles. The highest BCUT2D eigenvalue weighted by Crippen LogP contribution is 2.27. The lowest BCUT2D eigenvalue weighted by Gasteiger charge is -2.34. The molecule has 0 aromatic heterocycles. The monoisotopic (exact) mass is 213 g/mol. The summed E-state index contributed by atoms with van der Waals surface area (Å²) in [5.74, 6) is -0.103. The summed E-state index contributed by atoms with van der Waals surface area (Å²) in [6, 6.07) is 0. The molecule has 1 N–H and O–H groups in total. The minimum atomic E-state index is -0.390. The van der Waals surface area contributed by atoms with Gasteiger partial charge in [0.05, 0.1) is 12.0 Å². The molecule has 0 aromatic carbocycles. The number of carbonyl (C=O) groups is 1. The summed E-state index contributed by atoms with van der Waals surface area (Å²) in [5.41, 5.74) is -0.266. The molecule has 1 fully saturated rings. The molecule has 1 rings (SSSR count). The number of ether oxygens (including phenoxy) is 1. The van der Waals surface area contributed by atoms with E-state index >= 15 is 0 Å². The maximum Gasteiger partial charge on any atom is 0.311 e. The first-order valence-electron chi connectivity index (χ1n) is 5.71. The van der Waals surface area contributed by atoms with E-state index in [1.54, 1.807) is 0 Å². The lowest BCUT2D eigenvalue weighted by atomic mass is 9.83. The van der Waals surface area contributed by atoms with Gasteiger partial charge < -0.3 is 10.1 Å². The van der Waals surface area contributed by atoms with Gasteiger partial charge in [-0.05, 0) is 40.2 Å². The molecule has 0 spiro atoms. The first kappa shape index (κ1) is 12.5. The molecule has 3 heteroatoms. The molecule has 3 nitrogen and oxygen atoms in total. The summed E-state index contributed by atoms with van der Waals surface area (Å²) in [4.78, 5) is 11.6. The van der Waals surface area contributed by atoms with Gasteiger partial charge in [0.2, 0.25) is 0 Å². The van der Waals surface area contributed by atoms with E-state index in [1.165, 1.54) is 6.42 Å². The summed E-state index contributed by atoms with van der Waals surface area (Å²) < 4.78 is 5.37. The molecule has 1 aliphatic heterocycles. The molecular formula is C12H23NO2. The molecule has 0 radical (unpaired) electrons. The molecule has 1 unspecified atom stereocenters. The van der Waals surface area contributed by atoms with Crippen molar-refractivity contribution in [3.05, 3.63) is 0 Å². The van der Waals surface area contributed by atoms with Crippen LogP contribution in [-0.4, -0.2) is 25.7 Å². The van der Waals surface area contributed by atoms with Gasteiger partial charge in [-0.1, -0.05) is 6.92 Å². The van der Waals surface area contributed by atoms with E-state index in [4.69, 9.17) is 4.74 Å². The van der Waals surface area contributed by atoms with Gasteiger partial charge in [-0.25, -0.2) is 0 Å². The fourth-order valence-corrected chi connectivity index (χ4v) is 1.70. The molecule has 0 aliphatic carbocycles. The fourth-order valence-electron chi connectivity index (χ4n) is 1.70. The zero-order valence-corrected chi connectivity index (χ0v) is 10.4. The topological polar surface area (TPSA) is 38.3 Å². The summed E-state index contributed by atoms with van der Waals surface area (Å²) in [5, 5.41) is 3.35. The van der Waals surface area contributed by atoms with Crippen LogP contribution >= 0.6 is 0 Å². The van der Waals surface area contributed by atoms with Crippen LogP contribution in [0.3, 0.4) is 0 Å². The number of hydrogen-bond donors (Lipinski definition) is 1. The highest BCUT2D eigenvalue weighted by molar-refractivity contribution is 5.75. The SMILES string of the molecule is CC1(COC(=O)C(C)(C)C)CCCNC1. The molecule has 1 atom stereocenters. The predicted octanol–water partition coefficient (Wildman–Crippen LogP) is 1.97. The smallest absolute Gasteiger partial charge is 0.311 e. The van der Waals surface area contributed by atoms with E-state index in [9.17, 15) is 4.79 Å². The summed E-state index contributed by atoms with van der Waals surface area (Å²) in [6.45, 7) is 10.4. The van der Waals surface area contributed by atoms with E-state index < -0.39 is 5.41 Å². The number of hydrogen-bond acceptors (Lipinski definition) is 3. The number of rotatable bonds is 2. The van der Waals surface area contributed by atoms with Crippen LogP contribution in [0.25, 0.3) is 0 Å². The largest absolute Gasteiger partial charge is 0.465 e. The highest BCUT2D eigenvalue weighted by Gasteiger charge is 2.30. The standard InChI is InChI=1S/C12H23NO2/c1-11(2,3)10(14)15-9-12(4)6-5-7-13-8-12/h13H,5-9H2,1-4H3. The third-order valence-corrected chi connectivity index (χ3v) is 2.85. The van der Waals surface area contributed by atoms with Gasteiger partial charge in [0.15, 0.2) is 0 Å². The zero-order valence-electron chi connectivity index (χ0n) is 10.4. The van der Waals surface area contributed by atoms with Crippen molar-refractivity contribution < 1.29 is 9.53 Å². The number of carbonyl (C=O) groups excluding carboxylic acids is 1. The molecule has 1 saturated heterocycles. The van der Waals surface area contributed by atoms with E-state index in [1.807, 2.05) is 20.8 Å². The van der Waals surface area contributed by atoms with Crippen LogP contribution in [0.2, 0.25) is 0 Å². The van der Waals surface area contributed by atoms with Crippen molar-refractivity contribution in [2.75, 3.05) is 19.7 Å². The van der Waals surface area contributed by atoms with Crippen molar-refractivity contribution in [3.8, 4) is 0 Å². The van der Waals surface area contributed by atoms with Crippen LogP contribution < -0.4 is 5.32 Å². The fraction of sp³-hybridized carbons (Fsp3) is 0.917. The van der Waals surface area contributed by atoms with Gasteiger partial charge in [0.25, 0.3) is 0 Å². The van der Waals surface area contributed by atoms with E-state index in [-0.39, 0.29) is 11.4 Å². The van der Waals surface area contributed by atoms with E-state index in [2.05, 4.69) is 12.2 Å². The lowest BCUT2D eigenvalue weighted by molar-refractivity contribution is -0.156. The molecule has 15 heavy (non-hydrogen) atoms. The van der Waals surface area contributed by atoms with Crippen molar-refractivity contribution in [3.63, 3.8) is 0 Å². The van der Waals surface area contributed by atoms with Gasteiger partial charge in [-0.3, -0.25) is 4.79 Å². The summed E-state index contributed by atoms with van der Waals surface area (Å²) in [7, 11) is 0. The Labute approximate surface area is 92.6 Å². The van der Waals surface area contributed by atoms with Crippen LogP contribution in [0.5, 0.6) is 0 Å². The predicted molar refractivity (Wildman–Crippen MR) is 60.6 cm³/mol. The zero-order chi connectivity index (χ0) is 11.5. The third kappa shape index (κ3) is 3.82. The Kier molecular flexibility index (Phi) is 3.77. The lowest BCUT2D eigenvalue weighted by Crippen LogP contribution is -2.42. The minimum Gasteiger partial charge on any atom is -0.465 e. The Hall–Kier alpha value is -0.570. The second kappa shape index (κ2) is 4.52. The Bertz CT molecular complexity index is 224. The van der Waals surface area contributed by atoms with Gasteiger partial charge in [0, 0.05) is 12.0 Å². The van der Waals surface area contributed by atoms with Crippen LogP contribution in [0.4, 0.5) is 0 Å². The number of esters is 1. The van der Waals surface area contributed by atoms with Crippen LogP contribution in [0.15, 0.2) is 0 Å². The Morgan fingerprint density at radius 1 is 1.47 bits per heavy atom. The molecule has 0 aromatic rings. The van der Waals surface area contributed by atoms with E-state index in [0.29, 0.717) is 6.61 Å². The molecule has 88 valence electrons. The Morgan fingerprint density at radius 2 is 2.13 bits per heavy atom. The van der Waals surface area contributed by atoms with Crippen LogP contribution in [0, 0.1) is 10.8 Å². The maximum absolute atomic E-state index is 11.6.